The summed E-state index contributed by atoms with van der Waals surface area (Å²) in [7, 11) is 0. The molecule has 0 aliphatic rings. The molecule has 3 aromatic rings. The molecule has 0 aromatic carbocycles. The quantitative estimate of drug-likeness (QED) is 0.585. The number of carboxylic acid groups (broad SMARTS) is 1. The van der Waals surface area contributed by atoms with Gasteiger partial charge in [0.1, 0.15) is 11.8 Å². The Balaban J connectivity index is 2.04. The van der Waals surface area contributed by atoms with Gasteiger partial charge in [-0.15, -0.1) is 5.10 Å². The Morgan fingerprint density at radius 1 is 1.37 bits per heavy atom. The van der Waals surface area contributed by atoms with Crippen molar-refractivity contribution in [3.8, 4) is 0 Å². The Bertz CT molecular complexity index is 735. The number of aromatic amines is 1. The van der Waals surface area contributed by atoms with Gasteiger partial charge in [-0.1, -0.05) is 6.07 Å². The Hall–Kier alpha value is -2.81. The first-order chi connectivity index (χ1) is 9.15. The lowest BCUT2D eigenvalue weighted by atomic mass is 10.1. The number of rotatable bonds is 3. The van der Waals surface area contributed by atoms with Crippen LogP contribution in [0.3, 0.4) is 0 Å². The third kappa shape index (κ3) is 1.91. The Morgan fingerprint density at radius 2 is 2.21 bits per heavy atom. The van der Waals surface area contributed by atoms with Crippen LogP contribution in [0.4, 0.5) is 0 Å². The molecule has 9 heteroatoms. The van der Waals surface area contributed by atoms with Crippen molar-refractivity contribution in [2.75, 3.05) is 0 Å². The first kappa shape index (κ1) is 11.3. The molecule has 0 bridgehead atoms. The van der Waals surface area contributed by atoms with E-state index >= 15 is 0 Å². The van der Waals surface area contributed by atoms with E-state index in [-0.39, 0.29) is 11.5 Å². The molecule has 0 aliphatic carbocycles. The fourth-order valence-electron chi connectivity index (χ4n) is 1.71. The molecule has 0 radical (unpaired) electrons. The van der Waals surface area contributed by atoms with E-state index in [4.69, 9.17) is 5.11 Å². The molecule has 0 saturated heterocycles. The average molecular weight is 260 g/mol. The summed E-state index contributed by atoms with van der Waals surface area (Å²) in [6, 6.07) is 3.23. The number of hydrogen-bond donors (Lipinski definition) is 3. The lowest BCUT2D eigenvalue weighted by molar-refractivity contribution is 0.0691. The van der Waals surface area contributed by atoms with Crippen molar-refractivity contribution in [1.82, 2.24) is 30.0 Å². The average Bonchev–Trinajstić information content (AvgIpc) is 3.06. The molecule has 19 heavy (non-hydrogen) atoms. The molecular formula is C10H8N6O3. The van der Waals surface area contributed by atoms with Crippen molar-refractivity contribution in [3.05, 3.63) is 41.6 Å². The maximum atomic E-state index is 10.8. The maximum Gasteiger partial charge on any atom is 0.356 e. The van der Waals surface area contributed by atoms with E-state index in [0.29, 0.717) is 11.2 Å². The highest BCUT2D eigenvalue weighted by atomic mass is 16.4. The summed E-state index contributed by atoms with van der Waals surface area (Å²) < 4.78 is 1.52. The molecule has 0 aliphatic heterocycles. The number of aromatic nitrogens is 6. The van der Waals surface area contributed by atoms with E-state index in [0.717, 1.165) is 0 Å². The number of H-pyrrole nitrogens is 1. The number of carbonyl (C=O) groups is 1. The van der Waals surface area contributed by atoms with Crippen LogP contribution in [-0.2, 0) is 0 Å². The predicted octanol–water partition coefficient (Wildman–Crippen LogP) is -0.373. The highest BCUT2D eigenvalue weighted by Gasteiger charge is 2.16. The van der Waals surface area contributed by atoms with Gasteiger partial charge in [-0.3, -0.25) is 0 Å². The van der Waals surface area contributed by atoms with E-state index in [9.17, 15) is 9.90 Å². The van der Waals surface area contributed by atoms with Crippen LogP contribution in [0, 0.1) is 0 Å². The molecule has 1 atom stereocenters. The number of aliphatic hydroxyl groups excluding tert-OH is 1. The van der Waals surface area contributed by atoms with Crippen molar-refractivity contribution in [2.45, 2.75) is 6.10 Å². The fourth-order valence-corrected chi connectivity index (χ4v) is 1.71. The molecule has 3 N–H and O–H groups in total. The molecule has 3 rings (SSSR count). The molecule has 0 saturated carbocycles. The van der Waals surface area contributed by atoms with Gasteiger partial charge < -0.3 is 14.6 Å². The van der Waals surface area contributed by atoms with Crippen LogP contribution in [0.1, 0.15) is 28.0 Å². The third-order valence-corrected chi connectivity index (χ3v) is 2.63. The van der Waals surface area contributed by atoms with Gasteiger partial charge in [0.05, 0.1) is 0 Å². The van der Waals surface area contributed by atoms with Crippen molar-refractivity contribution < 1.29 is 15.0 Å². The molecular weight excluding hydrogens is 252 g/mol. The van der Waals surface area contributed by atoms with Gasteiger partial charge in [-0.2, -0.15) is 0 Å². The number of nitrogens with zero attached hydrogens (tertiary/aromatic N) is 5. The molecule has 3 heterocycles. The maximum absolute atomic E-state index is 10.8. The van der Waals surface area contributed by atoms with Gasteiger partial charge in [-0.25, -0.2) is 14.9 Å². The van der Waals surface area contributed by atoms with Crippen molar-refractivity contribution in [1.29, 1.82) is 0 Å². The van der Waals surface area contributed by atoms with Crippen LogP contribution in [0.25, 0.3) is 5.65 Å². The number of hydrogen-bond acceptors (Lipinski definition) is 6. The van der Waals surface area contributed by atoms with Crippen LogP contribution in [0.5, 0.6) is 0 Å². The second-order valence-electron chi connectivity index (χ2n) is 3.85. The number of imidazole rings is 1. The van der Waals surface area contributed by atoms with E-state index in [1.54, 1.807) is 18.3 Å². The second-order valence-corrected chi connectivity index (χ2v) is 3.85. The zero-order valence-electron chi connectivity index (χ0n) is 9.43. The summed E-state index contributed by atoms with van der Waals surface area (Å²) in [6.07, 6.45) is 1.92. The highest BCUT2D eigenvalue weighted by molar-refractivity contribution is 5.86. The van der Waals surface area contributed by atoms with E-state index in [1.807, 2.05) is 0 Å². The van der Waals surface area contributed by atoms with Gasteiger partial charge in [0.15, 0.2) is 11.5 Å². The molecule has 96 valence electrons. The summed E-state index contributed by atoms with van der Waals surface area (Å²) in [5.74, 6) is -0.900. The Kier molecular flexibility index (Phi) is 2.46. The number of nitrogens with one attached hydrogen (secondary N) is 1. The minimum Gasteiger partial charge on any atom is -0.476 e. The Morgan fingerprint density at radius 3 is 2.89 bits per heavy atom. The first-order valence-electron chi connectivity index (χ1n) is 5.29. The fraction of sp³-hybridized carbons (Fsp3) is 0.100. The smallest absolute Gasteiger partial charge is 0.356 e. The summed E-state index contributed by atoms with van der Waals surface area (Å²) in [6.45, 7) is 0. The second kappa shape index (κ2) is 4.14. The molecule has 0 spiro atoms. The largest absolute Gasteiger partial charge is 0.476 e. The summed E-state index contributed by atoms with van der Waals surface area (Å²) in [5, 5.41) is 31.7. The summed E-state index contributed by atoms with van der Waals surface area (Å²) in [4.78, 5) is 14.7. The van der Waals surface area contributed by atoms with Crippen molar-refractivity contribution >= 4 is 11.6 Å². The van der Waals surface area contributed by atoms with E-state index < -0.39 is 12.1 Å². The van der Waals surface area contributed by atoms with Gasteiger partial charge >= 0.3 is 5.97 Å². The van der Waals surface area contributed by atoms with Gasteiger partial charge in [0.2, 0.25) is 0 Å². The van der Waals surface area contributed by atoms with Crippen LogP contribution in [0.2, 0.25) is 0 Å². The Labute approximate surface area is 105 Å². The van der Waals surface area contributed by atoms with Crippen LogP contribution in [-0.4, -0.2) is 46.2 Å². The number of aromatic carboxylic acids is 1. The summed E-state index contributed by atoms with van der Waals surface area (Å²) in [5.41, 5.74) is 0.928. The third-order valence-electron chi connectivity index (χ3n) is 2.63. The predicted molar refractivity (Wildman–Crippen MR) is 60.4 cm³/mol. The van der Waals surface area contributed by atoms with Gasteiger partial charge in [0.25, 0.3) is 0 Å². The zero-order chi connectivity index (χ0) is 13.4. The first-order valence-corrected chi connectivity index (χ1v) is 5.29. The van der Waals surface area contributed by atoms with Crippen LogP contribution in [0.15, 0.2) is 24.5 Å². The van der Waals surface area contributed by atoms with Crippen molar-refractivity contribution in [2.24, 2.45) is 0 Å². The lowest BCUT2D eigenvalue weighted by Gasteiger charge is -2.06. The number of fused-ring (bicyclic) bond motifs is 1. The number of carboxylic acids is 1. The standard InChI is InChI=1S/C10H8N6O3/c17-8(9-12-14-15-13-9)5-1-2-7-11-6(10(18)19)4-16(7)3-5/h1-4,8,17H,(H,18,19)(H,12,13,14,15). The van der Waals surface area contributed by atoms with Crippen LogP contribution < -0.4 is 0 Å². The van der Waals surface area contributed by atoms with Gasteiger partial charge in [-0.05, 0) is 16.5 Å². The zero-order valence-corrected chi connectivity index (χ0v) is 9.43. The normalized spacial score (nSPS) is 12.7. The number of tetrazole rings is 1. The minimum atomic E-state index is -1.11. The van der Waals surface area contributed by atoms with Gasteiger partial charge in [0, 0.05) is 18.0 Å². The number of pyridine rings is 1. The molecule has 3 aromatic heterocycles. The minimum absolute atomic E-state index is 0.0621. The molecule has 9 nitrogen and oxygen atoms in total. The topological polar surface area (TPSA) is 129 Å². The number of aliphatic hydroxyl groups is 1. The molecule has 0 fully saturated rings. The molecule has 1 unspecified atom stereocenters. The van der Waals surface area contributed by atoms with E-state index in [2.05, 4.69) is 25.6 Å². The molecule has 0 amide bonds. The lowest BCUT2D eigenvalue weighted by Crippen LogP contribution is -2.03. The van der Waals surface area contributed by atoms with Crippen molar-refractivity contribution in [3.63, 3.8) is 0 Å². The van der Waals surface area contributed by atoms with E-state index in [1.165, 1.54) is 10.6 Å². The highest BCUT2D eigenvalue weighted by Crippen LogP contribution is 2.18. The monoisotopic (exact) mass is 260 g/mol. The summed E-state index contributed by atoms with van der Waals surface area (Å²) >= 11 is 0. The van der Waals surface area contributed by atoms with Crippen LogP contribution >= 0.6 is 0 Å². The SMILES string of the molecule is O=C(O)c1cn2cc(C(O)c3nnn[nH]3)ccc2n1.